The highest BCUT2D eigenvalue weighted by molar-refractivity contribution is 6.40. The Hall–Kier alpha value is -4.30. The highest BCUT2D eigenvalue weighted by Gasteiger charge is 2.33. The van der Waals surface area contributed by atoms with Crippen LogP contribution in [0.2, 0.25) is 15.1 Å². The molecule has 0 bridgehead atoms. The van der Waals surface area contributed by atoms with E-state index >= 15 is 0 Å². The quantitative estimate of drug-likeness (QED) is 0.215. The molecule has 1 fully saturated rings. The molecule has 7 rings (SSSR count). The van der Waals surface area contributed by atoms with Crippen molar-refractivity contribution in [3.05, 3.63) is 117 Å². The van der Waals surface area contributed by atoms with E-state index in [1.54, 1.807) is 24.3 Å². The molecule has 2 aliphatic heterocycles. The predicted octanol–water partition coefficient (Wildman–Crippen LogP) is 8.19. The number of benzene rings is 4. The van der Waals surface area contributed by atoms with Crippen LogP contribution in [0, 0.1) is 0 Å². The standard InChI is InChI=1S/C34H26Cl3N5O2/c35-27-9-4-3-8-24(27)25-18-22(19-30-26(25)20-39-34(44)42(30)31-28(36)10-5-11-29(31)37)33(43)41-16-14-40(15-17-41)32-23-7-2-1-6-21(23)12-13-38-32/h1-13,18-19H,14-17,20H2,(H,39,44). The monoisotopic (exact) mass is 641 g/mol. The number of hydrogen-bond acceptors (Lipinski definition) is 4. The van der Waals surface area contributed by atoms with Crippen molar-refractivity contribution in [3.63, 3.8) is 0 Å². The Morgan fingerprint density at radius 1 is 0.773 bits per heavy atom. The second-order valence-corrected chi connectivity index (χ2v) is 11.9. The number of halogens is 3. The number of anilines is 3. The summed E-state index contributed by atoms with van der Waals surface area (Å²) in [7, 11) is 0. The largest absolute Gasteiger partial charge is 0.353 e. The molecule has 1 saturated heterocycles. The maximum atomic E-state index is 14.2. The van der Waals surface area contributed by atoms with Crippen molar-refractivity contribution in [3.8, 4) is 11.1 Å². The number of carbonyl (C=O) groups is 2. The predicted molar refractivity (Wildman–Crippen MR) is 178 cm³/mol. The van der Waals surface area contributed by atoms with E-state index < -0.39 is 6.03 Å². The second kappa shape index (κ2) is 11.7. The number of urea groups is 1. The van der Waals surface area contributed by atoms with Crippen LogP contribution in [0.15, 0.2) is 91.1 Å². The number of rotatable bonds is 4. The number of carbonyl (C=O) groups excluding carboxylic acids is 2. The van der Waals surface area contributed by atoms with Gasteiger partial charge < -0.3 is 15.1 Å². The highest BCUT2D eigenvalue weighted by Crippen LogP contribution is 2.45. The fourth-order valence-electron chi connectivity index (χ4n) is 6.02. The van der Waals surface area contributed by atoms with Gasteiger partial charge in [-0.1, -0.05) is 83.3 Å². The minimum absolute atomic E-state index is 0.136. The summed E-state index contributed by atoms with van der Waals surface area (Å²) in [6.07, 6.45) is 1.83. The van der Waals surface area contributed by atoms with Gasteiger partial charge in [-0.25, -0.2) is 9.78 Å². The van der Waals surface area contributed by atoms with E-state index in [4.69, 9.17) is 34.8 Å². The van der Waals surface area contributed by atoms with Crippen LogP contribution < -0.4 is 15.1 Å². The number of hydrogen-bond donors (Lipinski definition) is 1. The molecule has 44 heavy (non-hydrogen) atoms. The zero-order chi connectivity index (χ0) is 30.4. The van der Waals surface area contributed by atoms with Crippen LogP contribution in [-0.2, 0) is 6.54 Å². The van der Waals surface area contributed by atoms with Gasteiger partial charge in [0.1, 0.15) is 5.82 Å². The molecule has 0 saturated carbocycles. The lowest BCUT2D eigenvalue weighted by atomic mass is 9.93. The molecule has 3 amide bonds. The van der Waals surface area contributed by atoms with Crippen molar-refractivity contribution < 1.29 is 9.59 Å². The van der Waals surface area contributed by atoms with Gasteiger partial charge in [-0.2, -0.15) is 0 Å². The molecule has 0 radical (unpaired) electrons. The first kappa shape index (κ1) is 28.5. The Balaban J connectivity index is 1.27. The highest BCUT2D eigenvalue weighted by atomic mass is 35.5. The molecular formula is C34H26Cl3N5O2. The van der Waals surface area contributed by atoms with Gasteiger partial charge in [-0.3, -0.25) is 9.69 Å². The molecular weight excluding hydrogens is 617 g/mol. The molecule has 7 nitrogen and oxygen atoms in total. The first-order chi connectivity index (χ1) is 21.4. The average molecular weight is 643 g/mol. The Morgan fingerprint density at radius 2 is 1.48 bits per heavy atom. The van der Waals surface area contributed by atoms with E-state index in [1.807, 2.05) is 59.6 Å². The molecule has 5 aromatic rings. The van der Waals surface area contributed by atoms with Crippen LogP contribution in [0.1, 0.15) is 15.9 Å². The van der Waals surface area contributed by atoms with Crippen molar-refractivity contribution in [2.24, 2.45) is 0 Å². The lowest BCUT2D eigenvalue weighted by Crippen LogP contribution is -2.49. The summed E-state index contributed by atoms with van der Waals surface area (Å²) in [5.74, 6) is 0.783. The fraction of sp³-hybridized carbons (Fsp3) is 0.147. The van der Waals surface area contributed by atoms with E-state index in [0.29, 0.717) is 58.2 Å². The molecule has 1 N–H and O–H groups in total. The molecule has 220 valence electrons. The summed E-state index contributed by atoms with van der Waals surface area (Å²) in [5.41, 5.74) is 3.63. The van der Waals surface area contributed by atoms with Gasteiger partial charge in [-0.05, 0) is 47.3 Å². The zero-order valence-corrected chi connectivity index (χ0v) is 25.7. The minimum Gasteiger partial charge on any atom is -0.353 e. The maximum absolute atomic E-state index is 14.2. The molecule has 0 spiro atoms. The molecule has 3 heterocycles. The van der Waals surface area contributed by atoms with Gasteiger partial charge in [0.2, 0.25) is 0 Å². The van der Waals surface area contributed by atoms with E-state index in [9.17, 15) is 9.59 Å². The van der Waals surface area contributed by atoms with Crippen molar-refractivity contribution >= 4 is 74.7 Å². The van der Waals surface area contributed by atoms with E-state index in [2.05, 4.69) is 27.3 Å². The number of nitrogens with one attached hydrogen (secondary N) is 1. The van der Waals surface area contributed by atoms with Gasteiger partial charge in [0.15, 0.2) is 0 Å². The Bertz CT molecular complexity index is 1920. The third kappa shape index (κ3) is 5.01. The Morgan fingerprint density at radius 3 is 2.25 bits per heavy atom. The Kier molecular flexibility index (Phi) is 7.54. The summed E-state index contributed by atoms with van der Waals surface area (Å²) < 4.78 is 0. The normalized spacial score (nSPS) is 14.9. The fourth-order valence-corrected chi connectivity index (χ4v) is 6.83. The summed E-state index contributed by atoms with van der Waals surface area (Å²) >= 11 is 19.9. The van der Waals surface area contributed by atoms with Gasteiger partial charge >= 0.3 is 6.03 Å². The number of para-hydroxylation sites is 1. The summed E-state index contributed by atoms with van der Waals surface area (Å²) in [6.45, 7) is 2.56. The number of piperazine rings is 1. The van der Waals surface area contributed by atoms with Gasteiger partial charge in [-0.15, -0.1) is 0 Å². The topological polar surface area (TPSA) is 68.8 Å². The van der Waals surface area contributed by atoms with Crippen molar-refractivity contribution in [1.29, 1.82) is 0 Å². The second-order valence-electron chi connectivity index (χ2n) is 10.7. The molecule has 0 atom stereocenters. The SMILES string of the molecule is O=C(c1cc(-c2ccccc2Cl)c2c(c1)N(c1c(Cl)cccc1Cl)C(=O)NC2)N1CCN(c2nccc3ccccc23)CC1. The van der Waals surface area contributed by atoms with Crippen LogP contribution in [0.3, 0.4) is 0 Å². The molecule has 0 aliphatic carbocycles. The molecule has 0 unspecified atom stereocenters. The average Bonchev–Trinajstić information content (AvgIpc) is 3.05. The first-order valence-corrected chi connectivity index (χ1v) is 15.4. The van der Waals surface area contributed by atoms with Crippen LogP contribution in [0.4, 0.5) is 22.0 Å². The molecule has 2 aliphatic rings. The van der Waals surface area contributed by atoms with Gasteiger partial charge in [0.05, 0.1) is 21.4 Å². The lowest BCUT2D eigenvalue weighted by molar-refractivity contribution is 0.0746. The van der Waals surface area contributed by atoms with Crippen LogP contribution in [-0.4, -0.2) is 48.0 Å². The van der Waals surface area contributed by atoms with E-state index in [-0.39, 0.29) is 12.5 Å². The smallest absolute Gasteiger partial charge is 0.326 e. The van der Waals surface area contributed by atoms with E-state index in [0.717, 1.165) is 33.3 Å². The number of fused-ring (bicyclic) bond motifs is 2. The van der Waals surface area contributed by atoms with Crippen molar-refractivity contribution in [1.82, 2.24) is 15.2 Å². The molecule has 1 aromatic heterocycles. The van der Waals surface area contributed by atoms with Crippen LogP contribution in [0.25, 0.3) is 21.9 Å². The Labute approximate surface area is 269 Å². The number of pyridine rings is 1. The summed E-state index contributed by atoms with van der Waals surface area (Å²) in [6, 6.07) is 26.0. The maximum Gasteiger partial charge on any atom is 0.326 e. The molecule has 10 heteroatoms. The van der Waals surface area contributed by atoms with Crippen LogP contribution in [0.5, 0.6) is 0 Å². The lowest BCUT2D eigenvalue weighted by Gasteiger charge is -2.37. The van der Waals surface area contributed by atoms with Crippen molar-refractivity contribution in [2.45, 2.75) is 6.54 Å². The first-order valence-electron chi connectivity index (χ1n) is 14.2. The van der Waals surface area contributed by atoms with Crippen molar-refractivity contribution in [2.75, 3.05) is 36.0 Å². The minimum atomic E-state index is -0.390. The third-order valence-corrected chi connectivity index (χ3v) is 9.12. The van der Waals surface area contributed by atoms with Gasteiger partial charge in [0, 0.05) is 66.0 Å². The third-order valence-electron chi connectivity index (χ3n) is 8.18. The molecule has 4 aromatic carbocycles. The summed E-state index contributed by atoms with van der Waals surface area (Å²) in [4.78, 5) is 37.7. The number of amides is 3. The zero-order valence-electron chi connectivity index (χ0n) is 23.4. The van der Waals surface area contributed by atoms with E-state index in [1.165, 1.54) is 4.90 Å². The number of nitrogens with zero attached hydrogens (tertiary/aromatic N) is 4. The van der Waals surface area contributed by atoms with Gasteiger partial charge in [0.25, 0.3) is 5.91 Å². The summed E-state index contributed by atoms with van der Waals surface area (Å²) in [5, 5.41) is 6.32. The van der Waals surface area contributed by atoms with Crippen LogP contribution >= 0.6 is 34.8 Å². The number of aromatic nitrogens is 1.